The highest BCUT2D eigenvalue weighted by atomic mass is 35.5. The molecule has 1 atom stereocenters. The number of nitrogens with zero attached hydrogens (tertiary/aromatic N) is 1. The average Bonchev–Trinajstić information content (AvgIpc) is 2.49. The van der Waals surface area contributed by atoms with Crippen LogP contribution >= 0.6 is 23.4 Å². The summed E-state index contributed by atoms with van der Waals surface area (Å²) in [4.78, 5) is 25.7. The zero-order chi connectivity index (χ0) is 16.7. The summed E-state index contributed by atoms with van der Waals surface area (Å²) in [6, 6.07) is 3.70. The van der Waals surface area contributed by atoms with E-state index < -0.39 is 0 Å². The monoisotopic (exact) mass is 352 g/mol. The molecule has 0 saturated heterocycles. The van der Waals surface area contributed by atoms with Gasteiger partial charge in [-0.3, -0.25) is 15.0 Å². The number of carbonyl (C=O) groups excluding carboxylic acids is 2. The minimum atomic E-state index is -0.246. The molecule has 23 heavy (non-hydrogen) atoms. The summed E-state index contributed by atoms with van der Waals surface area (Å²) in [5, 5.41) is 2.00. The summed E-state index contributed by atoms with van der Waals surface area (Å²) in [6.07, 6.45) is 1.43. The summed E-state index contributed by atoms with van der Waals surface area (Å²) in [6.45, 7) is 3.33. The Kier molecular flexibility index (Phi) is 4.29. The lowest BCUT2D eigenvalue weighted by molar-refractivity contribution is -0.140. The molecule has 1 aromatic rings. The zero-order valence-corrected chi connectivity index (χ0v) is 14.7. The lowest BCUT2D eigenvalue weighted by Gasteiger charge is -2.37. The van der Waals surface area contributed by atoms with Crippen LogP contribution in [-0.2, 0) is 16.0 Å². The molecule has 0 radical (unpaired) electrons. The van der Waals surface area contributed by atoms with Gasteiger partial charge < -0.3 is 4.74 Å². The van der Waals surface area contributed by atoms with Crippen LogP contribution in [0.25, 0.3) is 0 Å². The fourth-order valence-corrected chi connectivity index (χ4v) is 4.30. The smallest absolute Gasteiger partial charge is 0.279 e. The highest BCUT2D eigenvalue weighted by Crippen LogP contribution is 2.45. The quantitative estimate of drug-likeness (QED) is 0.889. The largest absolute Gasteiger partial charge is 0.495 e. The first-order chi connectivity index (χ1) is 10.9. The Labute approximate surface area is 144 Å². The standard InChI is InChI=1S/C16H17ClN2O3S/c1-8-4-11-5-10-6-12(17)13(22-3)7-14(10)23-15(11)16(21)19(8)18-9(2)20/h6-8H,4-5H2,1-3H3,(H,18,20). The topological polar surface area (TPSA) is 58.6 Å². The molecular formula is C16H17ClN2O3S. The maximum absolute atomic E-state index is 12.7. The Hall–Kier alpha value is -1.66. The normalized spacial score (nSPS) is 20.1. The van der Waals surface area contributed by atoms with Crippen molar-refractivity contribution in [1.82, 2.24) is 10.4 Å². The van der Waals surface area contributed by atoms with Gasteiger partial charge in [0.1, 0.15) is 5.75 Å². The van der Waals surface area contributed by atoms with Crippen LogP contribution in [-0.4, -0.2) is 30.0 Å². The fourth-order valence-electron chi connectivity index (χ4n) is 2.91. The number of ether oxygens (including phenoxy) is 1. The van der Waals surface area contributed by atoms with Gasteiger partial charge in [0.25, 0.3) is 5.91 Å². The maximum atomic E-state index is 12.7. The number of methoxy groups -OCH3 is 1. The van der Waals surface area contributed by atoms with Crippen LogP contribution < -0.4 is 10.2 Å². The number of amides is 2. The minimum Gasteiger partial charge on any atom is -0.495 e. The molecule has 0 spiro atoms. The number of rotatable bonds is 2. The summed E-state index contributed by atoms with van der Waals surface area (Å²) < 4.78 is 5.25. The van der Waals surface area contributed by atoms with E-state index in [1.54, 1.807) is 7.11 Å². The number of halogens is 1. The summed E-state index contributed by atoms with van der Waals surface area (Å²) in [5.41, 5.74) is 4.83. The third kappa shape index (κ3) is 2.93. The molecule has 0 saturated carbocycles. The number of hydrazine groups is 1. The highest BCUT2D eigenvalue weighted by molar-refractivity contribution is 8.04. The van der Waals surface area contributed by atoms with E-state index in [-0.39, 0.29) is 17.9 Å². The van der Waals surface area contributed by atoms with E-state index in [4.69, 9.17) is 16.3 Å². The SMILES string of the molecule is COc1cc2c(cc1Cl)CC1=C(S2)C(=O)N(NC(C)=O)C(C)C1. The zero-order valence-electron chi connectivity index (χ0n) is 13.1. The van der Waals surface area contributed by atoms with Gasteiger partial charge in [-0.25, -0.2) is 5.01 Å². The van der Waals surface area contributed by atoms with Crippen LogP contribution in [0.15, 0.2) is 27.5 Å². The average molecular weight is 353 g/mol. The van der Waals surface area contributed by atoms with Crippen molar-refractivity contribution in [3.8, 4) is 5.75 Å². The molecule has 1 unspecified atom stereocenters. The van der Waals surface area contributed by atoms with Gasteiger partial charge in [0.15, 0.2) is 0 Å². The Morgan fingerprint density at radius 1 is 1.48 bits per heavy atom. The number of benzene rings is 1. The van der Waals surface area contributed by atoms with Gasteiger partial charge in [0, 0.05) is 11.8 Å². The van der Waals surface area contributed by atoms with E-state index in [9.17, 15) is 9.59 Å². The predicted molar refractivity (Wildman–Crippen MR) is 89.3 cm³/mol. The molecule has 0 aliphatic carbocycles. The van der Waals surface area contributed by atoms with Crippen molar-refractivity contribution < 1.29 is 14.3 Å². The number of hydrogen-bond donors (Lipinski definition) is 1. The van der Waals surface area contributed by atoms with E-state index in [0.717, 1.165) is 22.5 Å². The van der Waals surface area contributed by atoms with Gasteiger partial charge in [0.05, 0.1) is 23.1 Å². The van der Waals surface area contributed by atoms with Gasteiger partial charge in [-0.1, -0.05) is 23.4 Å². The molecule has 3 rings (SSSR count). The molecule has 7 heteroatoms. The van der Waals surface area contributed by atoms with E-state index in [1.807, 2.05) is 19.1 Å². The third-order valence-corrected chi connectivity index (χ3v) is 5.51. The predicted octanol–water partition coefficient (Wildman–Crippen LogP) is 2.92. The molecular weight excluding hydrogens is 336 g/mol. The molecule has 1 N–H and O–H groups in total. The molecule has 2 heterocycles. The van der Waals surface area contributed by atoms with Crippen LogP contribution in [0.5, 0.6) is 5.75 Å². The Bertz CT molecular complexity index is 732. The molecule has 5 nitrogen and oxygen atoms in total. The Balaban J connectivity index is 1.95. The van der Waals surface area contributed by atoms with Crippen molar-refractivity contribution in [3.05, 3.63) is 33.2 Å². The van der Waals surface area contributed by atoms with E-state index in [1.165, 1.54) is 23.7 Å². The summed E-state index contributed by atoms with van der Waals surface area (Å²) >= 11 is 7.62. The Morgan fingerprint density at radius 2 is 2.22 bits per heavy atom. The number of fused-ring (bicyclic) bond motifs is 1. The van der Waals surface area contributed by atoms with Crippen LogP contribution in [0.3, 0.4) is 0 Å². The van der Waals surface area contributed by atoms with Crippen molar-refractivity contribution in [2.45, 2.75) is 37.6 Å². The van der Waals surface area contributed by atoms with Gasteiger partial charge >= 0.3 is 0 Å². The third-order valence-electron chi connectivity index (χ3n) is 3.95. The summed E-state index contributed by atoms with van der Waals surface area (Å²) in [5.74, 6) is 0.194. The lowest BCUT2D eigenvalue weighted by atomic mass is 9.95. The molecule has 2 aliphatic heterocycles. The first-order valence-corrected chi connectivity index (χ1v) is 8.47. The van der Waals surface area contributed by atoms with Crippen molar-refractivity contribution in [3.63, 3.8) is 0 Å². The molecule has 0 aromatic heterocycles. The fraction of sp³-hybridized carbons (Fsp3) is 0.375. The van der Waals surface area contributed by atoms with Crippen molar-refractivity contribution in [2.24, 2.45) is 0 Å². The van der Waals surface area contributed by atoms with Gasteiger partial charge in [-0.15, -0.1) is 0 Å². The molecule has 2 amide bonds. The first kappa shape index (κ1) is 16.2. The molecule has 0 fully saturated rings. The second kappa shape index (κ2) is 6.09. The van der Waals surface area contributed by atoms with Gasteiger partial charge in [0.2, 0.25) is 5.91 Å². The number of nitrogens with one attached hydrogen (secondary N) is 1. The highest BCUT2D eigenvalue weighted by Gasteiger charge is 2.36. The van der Waals surface area contributed by atoms with Gasteiger partial charge in [-0.05, 0) is 43.0 Å². The maximum Gasteiger partial charge on any atom is 0.279 e. The number of hydrogen-bond acceptors (Lipinski definition) is 4. The minimum absolute atomic E-state index is 0.0685. The number of thioether (sulfide) groups is 1. The molecule has 1 aromatic carbocycles. The lowest BCUT2D eigenvalue weighted by Crippen LogP contribution is -2.53. The van der Waals surface area contributed by atoms with E-state index in [0.29, 0.717) is 22.1 Å². The van der Waals surface area contributed by atoms with Crippen LogP contribution in [0.2, 0.25) is 5.02 Å². The van der Waals surface area contributed by atoms with Crippen LogP contribution in [0.1, 0.15) is 25.8 Å². The molecule has 2 aliphatic rings. The van der Waals surface area contributed by atoms with Crippen LogP contribution in [0.4, 0.5) is 0 Å². The van der Waals surface area contributed by atoms with Gasteiger partial charge in [-0.2, -0.15) is 0 Å². The second-order valence-electron chi connectivity index (χ2n) is 5.70. The second-order valence-corrected chi connectivity index (χ2v) is 7.16. The first-order valence-electron chi connectivity index (χ1n) is 7.27. The van der Waals surface area contributed by atoms with Crippen molar-refractivity contribution in [2.75, 3.05) is 7.11 Å². The number of carbonyl (C=O) groups is 2. The van der Waals surface area contributed by atoms with Crippen molar-refractivity contribution in [1.29, 1.82) is 0 Å². The molecule has 122 valence electrons. The Morgan fingerprint density at radius 3 is 2.87 bits per heavy atom. The van der Waals surface area contributed by atoms with Crippen molar-refractivity contribution >= 4 is 35.2 Å². The molecule has 0 bridgehead atoms. The van der Waals surface area contributed by atoms with E-state index >= 15 is 0 Å². The van der Waals surface area contributed by atoms with Crippen LogP contribution in [0, 0.1) is 0 Å². The summed E-state index contributed by atoms with van der Waals surface area (Å²) in [7, 11) is 1.57. The van der Waals surface area contributed by atoms with E-state index in [2.05, 4.69) is 5.43 Å².